The average molecular weight is 1020 g/mol. The minimum atomic E-state index is -0.799. The molecule has 0 aromatic carbocycles. The summed E-state index contributed by atoms with van der Waals surface area (Å²) in [5, 5.41) is 0. The zero-order chi connectivity index (χ0) is 52.9. The number of esters is 3. The van der Waals surface area contributed by atoms with Crippen LogP contribution in [0, 0.1) is 0 Å². The molecule has 0 aliphatic rings. The first kappa shape index (κ1) is 69.6. The molecule has 73 heavy (non-hydrogen) atoms. The predicted octanol–water partition coefficient (Wildman–Crippen LogP) is 21.1. The van der Waals surface area contributed by atoms with Gasteiger partial charge in [0.05, 0.1) is 0 Å². The van der Waals surface area contributed by atoms with Crippen molar-refractivity contribution >= 4 is 17.9 Å². The highest BCUT2D eigenvalue weighted by Gasteiger charge is 2.19. The molecule has 0 aromatic rings. The molecule has 1 atom stereocenters. The molecular formula is C67H116O6. The van der Waals surface area contributed by atoms with Gasteiger partial charge in [-0.2, -0.15) is 0 Å². The summed E-state index contributed by atoms with van der Waals surface area (Å²) < 4.78 is 16.9. The fourth-order valence-electron chi connectivity index (χ4n) is 8.76. The number of carbonyl (C=O) groups is 3. The number of rotatable bonds is 56. The Morgan fingerprint density at radius 1 is 0.301 bits per heavy atom. The second-order valence-corrected chi connectivity index (χ2v) is 20.6. The first-order valence-corrected chi connectivity index (χ1v) is 31.1. The quantitative estimate of drug-likeness (QED) is 0.0199. The summed E-state index contributed by atoms with van der Waals surface area (Å²) in [7, 11) is 0. The van der Waals surface area contributed by atoms with Crippen molar-refractivity contribution in [3.63, 3.8) is 0 Å². The van der Waals surface area contributed by atoms with Crippen molar-refractivity contribution in [2.75, 3.05) is 13.2 Å². The molecular weight excluding hydrogens is 901 g/mol. The summed E-state index contributed by atoms with van der Waals surface area (Å²) in [5.41, 5.74) is 0. The molecule has 6 heteroatoms. The fourth-order valence-corrected chi connectivity index (χ4v) is 8.76. The number of unbranched alkanes of at least 4 members (excludes halogenated alkanes) is 32. The zero-order valence-electron chi connectivity index (χ0n) is 48.1. The van der Waals surface area contributed by atoms with Gasteiger partial charge in [0.2, 0.25) is 0 Å². The van der Waals surface area contributed by atoms with Gasteiger partial charge in [0.15, 0.2) is 6.10 Å². The van der Waals surface area contributed by atoms with E-state index >= 15 is 0 Å². The van der Waals surface area contributed by atoms with E-state index in [0.717, 1.165) is 116 Å². The lowest BCUT2D eigenvalue weighted by Gasteiger charge is -2.18. The maximum absolute atomic E-state index is 12.9. The van der Waals surface area contributed by atoms with Gasteiger partial charge in [0, 0.05) is 19.3 Å². The van der Waals surface area contributed by atoms with Gasteiger partial charge in [-0.3, -0.25) is 14.4 Å². The van der Waals surface area contributed by atoms with Crippen molar-refractivity contribution in [3.8, 4) is 0 Å². The molecule has 0 saturated carbocycles. The Morgan fingerprint density at radius 3 is 0.932 bits per heavy atom. The van der Waals surface area contributed by atoms with E-state index < -0.39 is 6.10 Å². The molecule has 0 spiro atoms. The van der Waals surface area contributed by atoms with Crippen LogP contribution < -0.4 is 0 Å². The van der Waals surface area contributed by atoms with Crippen LogP contribution in [0.4, 0.5) is 0 Å². The van der Waals surface area contributed by atoms with Crippen LogP contribution >= 0.6 is 0 Å². The van der Waals surface area contributed by atoms with Crippen LogP contribution in [0.25, 0.3) is 0 Å². The topological polar surface area (TPSA) is 78.9 Å². The average Bonchev–Trinajstić information content (AvgIpc) is 3.39. The van der Waals surface area contributed by atoms with E-state index in [9.17, 15) is 14.4 Å². The monoisotopic (exact) mass is 1020 g/mol. The van der Waals surface area contributed by atoms with Crippen LogP contribution in [0.3, 0.4) is 0 Å². The first-order chi connectivity index (χ1) is 36.0. The molecule has 0 rings (SSSR count). The van der Waals surface area contributed by atoms with Crippen molar-refractivity contribution in [2.45, 2.75) is 309 Å². The SMILES string of the molecule is CC/C=C\C/C=C\C/C=C\C/C=C\C/C=C\CCCCCC(=O)OCC(COC(=O)CCCCCCCCCCCCCCCCCCCC)OC(=O)CCCCCCC/C=C\C=C/CCCCCCCCC. The van der Waals surface area contributed by atoms with Crippen LogP contribution in [-0.2, 0) is 28.6 Å². The number of hydrogen-bond acceptors (Lipinski definition) is 6. The summed E-state index contributed by atoms with van der Waals surface area (Å²) in [6, 6.07) is 0. The molecule has 0 aliphatic heterocycles. The standard InChI is InChI=1S/C67H116O6/c1-4-7-10-13-16-19-22-25-28-31-34-37-39-42-45-48-51-54-57-60-66(69)72-63-64(73-67(70)61-58-55-52-49-46-43-40-36-33-30-27-24-21-18-15-12-9-6-3)62-71-65(68)59-56-53-50-47-44-41-38-35-32-29-26-23-20-17-14-11-8-5-2/h7,10,16,19,25,28,30,33-34,36-37,40,42,45,64H,4-6,8-9,11-15,17-18,20-24,26-27,29,31-32,35,38-39,41,43-44,46-63H2,1-3H3/b10-7-,19-16-,28-25-,33-30-,37-34-,40-36-,45-42-. The largest absolute Gasteiger partial charge is 0.462 e. The van der Waals surface area contributed by atoms with E-state index in [4.69, 9.17) is 14.2 Å². The zero-order valence-corrected chi connectivity index (χ0v) is 48.1. The molecule has 0 radical (unpaired) electrons. The lowest BCUT2D eigenvalue weighted by Crippen LogP contribution is -2.30. The number of ether oxygens (including phenoxy) is 3. The van der Waals surface area contributed by atoms with Crippen molar-refractivity contribution in [1.82, 2.24) is 0 Å². The van der Waals surface area contributed by atoms with E-state index in [1.54, 1.807) is 0 Å². The molecule has 0 amide bonds. The Bertz CT molecular complexity index is 1400. The maximum Gasteiger partial charge on any atom is 0.306 e. The number of hydrogen-bond donors (Lipinski definition) is 0. The minimum Gasteiger partial charge on any atom is -0.462 e. The van der Waals surface area contributed by atoms with Gasteiger partial charge in [0.1, 0.15) is 13.2 Å². The van der Waals surface area contributed by atoms with Crippen molar-refractivity contribution in [2.24, 2.45) is 0 Å². The third-order valence-corrected chi connectivity index (χ3v) is 13.4. The normalized spacial score (nSPS) is 12.6. The van der Waals surface area contributed by atoms with E-state index in [2.05, 4.69) is 106 Å². The lowest BCUT2D eigenvalue weighted by molar-refractivity contribution is -0.167. The smallest absolute Gasteiger partial charge is 0.306 e. The fraction of sp³-hybridized carbons (Fsp3) is 0.746. The molecule has 1 unspecified atom stereocenters. The van der Waals surface area contributed by atoms with Crippen molar-refractivity contribution in [1.29, 1.82) is 0 Å². The van der Waals surface area contributed by atoms with E-state index in [1.807, 2.05) is 0 Å². The van der Waals surface area contributed by atoms with Gasteiger partial charge in [-0.05, 0) is 89.9 Å². The van der Waals surface area contributed by atoms with E-state index in [-0.39, 0.29) is 31.1 Å². The summed E-state index contributed by atoms with van der Waals surface area (Å²) in [4.78, 5) is 38.3. The lowest BCUT2D eigenvalue weighted by atomic mass is 10.0. The molecule has 0 bridgehead atoms. The Balaban J connectivity index is 4.45. The molecule has 0 N–H and O–H groups in total. The number of carbonyl (C=O) groups excluding carboxylic acids is 3. The van der Waals surface area contributed by atoms with Crippen molar-refractivity contribution < 1.29 is 28.6 Å². The Hall–Kier alpha value is -3.41. The predicted molar refractivity (Wildman–Crippen MR) is 316 cm³/mol. The summed E-state index contributed by atoms with van der Waals surface area (Å²) in [6.07, 6.45) is 80.1. The molecule has 0 aliphatic carbocycles. The van der Waals surface area contributed by atoms with Crippen LogP contribution in [0.2, 0.25) is 0 Å². The third-order valence-electron chi connectivity index (χ3n) is 13.4. The molecule has 6 nitrogen and oxygen atoms in total. The van der Waals surface area contributed by atoms with Crippen LogP contribution in [0.15, 0.2) is 85.1 Å². The minimum absolute atomic E-state index is 0.0913. The van der Waals surface area contributed by atoms with Gasteiger partial charge < -0.3 is 14.2 Å². The molecule has 0 aromatic heterocycles. The van der Waals surface area contributed by atoms with Crippen LogP contribution in [0.1, 0.15) is 303 Å². The summed E-state index contributed by atoms with van der Waals surface area (Å²) in [6.45, 7) is 6.52. The second-order valence-electron chi connectivity index (χ2n) is 20.6. The maximum atomic E-state index is 12.9. The Morgan fingerprint density at radius 2 is 0.575 bits per heavy atom. The first-order valence-electron chi connectivity index (χ1n) is 31.1. The molecule has 0 saturated heterocycles. The highest BCUT2D eigenvalue weighted by molar-refractivity contribution is 5.71. The third kappa shape index (κ3) is 59.3. The highest BCUT2D eigenvalue weighted by atomic mass is 16.6. The van der Waals surface area contributed by atoms with Gasteiger partial charge in [-0.1, -0.05) is 279 Å². The van der Waals surface area contributed by atoms with Gasteiger partial charge in [-0.25, -0.2) is 0 Å². The van der Waals surface area contributed by atoms with Gasteiger partial charge in [-0.15, -0.1) is 0 Å². The van der Waals surface area contributed by atoms with Crippen LogP contribution in [-0.4, -0.2) is 37.2 Å². The number of allylic oxidation sites excluding steroid dienone is 14. The molecule has 0 heterocycles. The molecule has 420 valence electrons. The van der Waals surface area contributed by atoms with Crippen LogP contribution in [0.5, 0.6) is 0 Å². The Kier molecular flexibility index (Phi) is 58.3. The summed E-state index contributed by atoms with van der Waals surface area (Å²) >= 11 is 0. The Labute approximate surface area is 452 Å². The van der Waals surface area contributed by atoms with E-state index in [1.165, 1.54) is 148 Å². The summed E-state index contributed by atoms with van der Waals surface area (Å²) in [5.74, 6) is -0.928. The van der Waals surface area contributed by atoms with Gasteiger partial charge in [0.25, 0.3) is 0 Å². The highest BCUT2D eigenvalue weighted by Crippen LogP contribution is 2.16. The molecule has 0 fully saturated rings. The van der Waals surface area contributed by atoms with Crippen molar-refractivity contribution in [3.05, 3.63) is 85.1 Å². The van der Waals surface area contributed by atoms with E-state index in [0.29, 0.717) is 19.3 Å². The van der Waals surface area contributed by atoms with Gasteiger partial charge >= 0.3 is 17.9 Å². The second kappa shape index (κ2) is 61.1.